The van der Waals surface area contributed by atoms with Gasteiger partial charge in [0.1, 0.15) is 0 Å². The lowest BCUT2D eigenvalue weighted by molar-refractivity contribution is -0.120. The SMILES string of the molecule is CNC(=O)CCN=C1NC(C)CS1. The minimum Gasteiger partial charge on any atom is -0.362 e. The first-order valence-electron chi connectivity index (χ1n) is 4.36. The fourth-order valence-electron chi connectivity index (χ4n) is 0.973. The first-order valence-corrected chi connectivity index (χ1v) is 5.35. The van der Waals surface area contributed by atoms with E-state index in [1.807, 2.05) is 0 Å². The number of carbonyl (C=O) groups is 1. The number of carbonyl (C=O) groups excluding carboxylic acids is 1. The Hall–Kier alpha value is -0.710. The second kappa shape index (κ2) is 5.11. The van der Waals surface area contributed by atoms with Crippen molar-refractivity contribution in [3.8, 4) is 0 Å². The Morgan fingerprint density at radius 3 is 3.15 bits per heavy atom. The van der Waals surface area contributed by atoms with Gasteiger partial charge in [0.15, 0.2) is 5.17 Å². The molecule has 1 rings (SSSR count). The maximum atomic E-state index is 10.8. The minimum absolute atomic E-state index is 0.0420. The van der Waals surface area contributed by atoms with Crippen molar-refractivity contribution in [2.75, 3.05) is 19.3 Å². The summed E-state index contributed by atoms with van der Waals surface area (Å²) < 4.78 is 0. The molecule has 1 aliphatic heterocycles. The summed E-state index contributed by atoms with van der Waals surface area (Å²) in [5.41, 5.74) is 0. The van der Waals surface area contributed by atoms with Crippen LogP contribution in [0.15, 0.2) is 4.99 Å². The van der Waals surface area contributed by atoms with Gasteiger partial charge in [-0.05, 0) is 6.92 Å². The van der Waals surface area contributed by atoms with E-state index in [4.69, 9.17) is 0 Å². The van der Waals surface area contributed by atoms with Gasteiger partial charge in [0.25, 0.3) is 0 Å². The molecule has 13 heavy (non-hydrogen) atoms. The molecule has 0 aromatic rings. The number of hydrogen-bond acceptors (Lipinski definition) is 3. The lowest BCUT2D eigenvalue weighted by Crippen LogP contribution is -2.24. The summed E-state index contributed by atoms with van der Waals surface area (Å²) >= 11 is 1.72. The van der Waals surface area contributed by atoms with Crippen molar-refractivity contribution in [3.05, 3.63) is 0 Å². The van der Waals surface area contributed by atoms with Gasteiger partial charge in [-0.15, -0.1) is 0 Å². The molecule has 1 aliphatic rings. The maximum absolute atomic E-state index is 10.8. The van der Waals surface area contributed by atoms with Gasteiger partial charge < -0.3 is 10.6 Å². The molecule has 0 aliphatic carbocycles. The Morgan fingerprint density at radius 1 is 1.85 bits per heavy atom. The summed E-state index contributed by atoms with van der Waals surface area (Å²) in [5.74, 6) is 1.11. The highest BCUT2D eigenvalue weighted by atomic mass is 32.2. The Labute approximate surface area is 82.6 Å². The molecule has 0 saturated carbocycles. The van der Waals surface area contributed by atoms with E-state index >= 15 is 0 Å². The normalized spacial score (nSPS) is 24.5. The van der Waals surface area contributed by atoms with E-state index in [1.165, 1.54) is 0 Å². The highest BCUT2D eigenvalue weighted by Gasteiger charge is 2.14. The van der Waals surface area contributed by atoms with Gasteiger partial charge in [-0.25, -0.2) is 0 Å². The Morgan fingerprint density at radius 2 is 2.62 bits per heavy atom. The first-order chi connectivity index (χ1) is 6.22. The van der Waals surface area contributed by atoms with Crippen LogP contribution in [0.2, 0.25) is 0 Å². The molecular weight excluding hydrogens is 186 g/mol. The molecule has 1 fully saturated rings. The van der Waals surface area contributed by atoms with Crippen LogP contribution in [0.3, 0.4) is 0 Å². The first kappa shape index (κ1) is 10.4. The number of nitrogens with one attached hydrogen (secondary N) is 2. The van der Waals surface area contributed by atoms with E-state index in [0.29, 0.717) is 19.0 Å². The average Bonchev–Trinajstić information content (AvgIpc) is 2.51. The molecule has 4 nitrogen and oxygen atoms in total. The maximum Gasteiger partial charge on any atom is 0.221 e. The zero-order valence-electron chi connectivity index (χ0n) is 7.96. The van der Waals surface area contributed by atoms with Crippen molar-refractivity contribution < 1.29 is 4.79 Å². The van der Waals surface area contributed by atoms with Crippen LogP contribution >= 0.6 is 11.8 Å². The second-order valence-corrected chi connectivity index (χ2v) is 3.98. The van der Waals surface area contributed by atoms with Crippen molar-refractivity contribution in [2.45, 2.75) is 19.4 Å². The average molecular weight is 201 g/mol. The van der Waals surface area contributed by atoms with Gasteiger partial charge in [-0.2, -0.15) is 0 Å². The van der Waals surface area contributed by atoms with Crippen LogP contribution in [0.1, 0.15) is 13.3 Å². The molecule has 1 atom stereocenters. The molecule has 1 amide bonds. The van der Waals surface area contributed by atoms with Crippen LogP contribution < -0.4 is 10.6 Å². The highest BCUT2D eigenvalue weighted by Crippen LogP contribution is 2.12. The van der Waals surface area contributed by atoms with Crippen LogP contribution in [0, 0.1) is 0 Å². The Bertz CT molecular complexity index is 217. The third kappa shape index (κ3) is 3.67. The molecule has 74 valence electrons. The summed E-state index contributed by atoms with van der Waals surface area (Å²) in [4.78, 5) is 15.1. The van der Waals surface area contributed by atoms with Crippen molar-refractivity contribution in [1.29, 1.82) is 0 Å². The van der Waals surface area contributed by atoms with Crippen LogP contribution in [0.4, 0.5) is 0 Å². The van der Waals surface area contributed by atoms with Gasteiger partial charge in [0.2, 0.25) is 5.91 Å². The smallest absolute Gasteiger partial charge is 0.221 e. The molecule has 1 saturated heterocycles. The predicted molar refractivity (Wildman–Crippen MR) is 56.0 cm³/mol. The number of hydrogen-bond donors (Lipinski definition) is 2. The number of rotatable bonds is 3. The highest BCUT2D eigenvalue weighted by molar-refractivity contribution is 8.14. The number of amides is 1. The molecule has 0 spiro atoms. The van der Waals surface area contributed by atoms with E-state index in [0.717, 1.165) is 10.9 Å². The van der Waals surface area contributed by atoms with E-state index in [-0.39, 0.29) is 5.91 Å². The largest absolute Gasteiger partial charge is 0.362 e. The van der Waals surface area contributed by atoms with Crippen LogP contribution in [0.25, 0.3) is 0 Å². The van der Waals surface area contributed by atoms with E-state index < -0.39 is 0 Å². The summed E-state index contributed by atoms with van der Waals surface area (Å²) in [6, 6.07) is 0.503. The van der Waals surface area contributed by atoms with Crippen molar-refractivity contribution in [3.63, 3.8) is 0 Å². The van der Waals surface area contributed by atoms with Gasteiger partial charge in [0.05, 0.1) is 6.54 Å². The third-order valence-corrected chi connectivity index (χ3v) is 2.90. The Balaban J connectivity index is 2.21. The standard InChI is InChI=1S/C8H15N3OS/c1-6-5-13-8(11-6)10-4-3-7(12)9-2/h6H,3-5H2,1-2H3,(H,9,12)(H,10,11). The monoisotopic (exact) mass is 201 g/mol. The van der Waals surface area contributed by atoms with Gasteiger partial charge in [-0.3, -0.25) is 9.79 Å². The van der Waals surface area contributed by atoms with E-state index in [1.54, 1.807) is 18.8 Å². The number of thioether (sulfide) groups is 1. The number of nitrogens with zero attached hydrogens (tertiary/aromatic N) is 1. The Kier molecular flexibility index (Phi) is 4.08. The van der Waals surface area contributed by atoms with Crippen LogP contribution in [-0.4, -0.2) is 36.5 Å². The minimum atomic E-state index is 0.0420. The van der Waals surface area contributed by atoms with Crippen molar-refractivity contribution in [1.82, 2.24) is 10.6 Å². The van der Waals surface area contributed by atoms with Gasteiger partial charge in [-0.1, -0.05) is 11.8 Å². The predicted octanol–water partition coefficient (Wildman–Crippen LogP) is 0.203. The topological polar surface area (TPSA) is 53.5 Å². The fraction of sp³-hybridized carbons (Fsp3) is 0.750. The molecule has 5 heteroatoms. The molecule has 0 aromatic heterocycles. The summed E-state index contributed by atoms with van der Waals surface area (Å²) in [5, 5.41) is 6.76. The fourth-order valence-corrected chi connectivity index (χ4v) is 1.93. The van der Waals surface area contributed by atoms with Crippen molar-refractivity contribution in [2.24, 2.45) is 4.99 Å². The van der Waals surface area contributed by atoms with Gasteiger partial charge >= 0.3 is 0 Å². The molecule has 1 heterocycles. The second-order valence-electron chi connectivity index (χ2n) is 2.97. The quantitative estimate of drug-likeness (QED) is 0.686. The molecule has 0 radical (unpaired) electrons. The van der Waals surface area contributed by atoms with Crippen LogP contribution in [-0.2, 0) is 4.79 Å². The van der Waals surface area contributed by atoms with Crippen LogP contribution in [0.5, 0.6) is 0 Å². The molecule has 0 bridgehead atoms. The zero-order chi connectivity index (χ0) is 9.68. The third-order valence-electron chi connectivity index (χ3n) is 1.71. The number of aliphatic imine (C=N–C) groups is 1. The lowest BCUT2D eigenvalue weighted by Gasteiger charge is -2.00. The number of amidine groups is 1. The van der Waals surface area contributed by atoms with E-state index in [2.05, 4.69) is 22.5 Å². The van der Waals surface area contributed by atoms with Crippen molar-refractivity contribution >= 4 is 22.8 Å². The lowest BCUT2D eigenvalue weighted by atomic mass is 10.4. The summed E-state index contributed by atoms with van der Waals surface area (Å²) in [6.45, 7) is 2.69. The summed E-state index contributed by atoms with van der Waals surface area (Å²) in [7, 11) is 1.64. The molecule has 1 unspecified atom stereocenters. The zero-order valence-corrected chi connectivity index (χ0v) is 8.78. The summed E-state index contributed by atoms with van der Waals surface area (Å²) in [6.07, 6.45) is 0.469. The molecular formula is C8H15N3OS. The molecule has 2 N–H and O–H groups in total. The van der Waals surface area contributed by atoms with Gasteiger partial charge in [0, 0.05) is 25.3 Å². The molecule has 0 aromatic carbocycles. The van der Waals surface area contributed by atoms with E-state index in [9.17, 15) is 4.79 Å².